The summed E-state index contributed by atoms with van der Waals surface area (Å²) in [7, 11) is -3.33. The zero-order valence-electron chi connectivity index (χ0n) is 16.8. The first-order valence-electron chi connectivity index (χ1n) is 9.94. The van der Waals surface area contributed by atoms with Gasteiger partial charge in [0.15, 0.2) is 0 Å². The Labute approximate surface area is 177 Å². The van der Waals surface area contributed by atoms with Gasteiger partial charge in [-0.25, -0.2) is 13.1 Å². The normalized spacial score (nSPS) is 20.2. The average molecular weight is 427 g/mol. The monoisotopic (exact) mass is 426 g/mol. The number of hydrogen-bond donors (Lipinski definition) is 2. The molecule has 1 aliphatic rings. The van der Waals surface area contributed by atoms with Gasteiger partial charge in [-0.3, -0.25) is 9.62 Å². The van der Waals surface area contributed by atoms with E-state index < -0.39 is 16.1 Å². The van der Waals surface area contributed by atoms with Crippen LogP contribution in [0.15, 0.2) is 67.0 Å². The van der Waals surface area contributed by atoms with Crippen molar-refractivity contribution in [3.05, 3.63) is 78.1 Å². The smallest absolute Gasteiger partial charge is 0.229 e. The number of nitrogens with zero attached hydrogens (tertiary/aromatic N) is 3. The zero-order chi connectivity index (χ0) is 21.1. The maximum absolute atomic E-state index is 11.5. The van der Waals surface area contributed by atoms with Gasteiger partial charge >= 0.3 is 0 Å². The standard InChI is InChI=1S/C22H26N4O3S/c1-30(28,29)24-19-7-5-6-18(12-19)21-10-11-25(16-22(21)27)14-17-13-23-26(15-17)20-8-3-2-4-9-20/h2-9,12-13,15,21-22,24,27H,10-11,14,16H2,1H3/t21-,22-/m0/s1. The Kier molecular flexibility index (Phi) is 5.90. The Morgan fingerprint density at radius 1 is 1.17 bits per heavy atom. The molecule has 0 aliphatic carbocycles. The topological polar surface area (TPSA) is 87.5 Å². The van der Waals surface area contributed by atoms with E-state index in [4.69, 9.17) is 0 Å². The van der Waals surface area contributed by atoms with Crippen LogP contribution in [0.3, 0.4) is 0 Å². The number of hydrogen-bond acceptors (Lipinski definition) is 5. The molecule has 2 aromatic carbocycles. The minimum atomic E-state index is -3.33. The van der Waals surface area contributed by atoms with Crippen LogP contribution in [0.5, 0.6) is 0 Å². The van der Waals surface area contributed by atoms with E-state index >= 15 is 0 Å². The third kappa shape index (κ3) is 5.08. The molecule has 1 aliphatic heterocycles. The van der Waals surface area contributed by atoms with Crippen molar-refractivity contribution in [2.75, 3.05) is 24.1 Å². The fourth-order valence-corrected chi connectivity index (χ4v) is 4.55. The Morgan fingerprint density at radius 3 is 2.70 bits per heavy atom. The second kappa shape index (κ2) is 8.59. The number of β-amino-alcohol motifs (C(OH)–C–C–N with tert-alkyl or cyclic N) is 1. The molecule has 1 aromatic heterocycles. The third-order valence-corrected chi connectivity index (χ3v) is 5.95. The fraction of sp³-hybridized carbons (Fsp3) is 0.318. The van der Waals surface area contributed by atoms with Gasteiger partial charge in [0.25, 0.3) is 0 Å². The van der Waals surface area contributed by atoms with E-state index in [9.17, 15) is 13.5 Å². The number of aliphatic hydroxyl groups excluding tert-OH is 1. The molecule has 0 bridgehead atoms. The second-order valence-corrected chi connectivity index (χ2v) is 9.57. The molecule has 1 saturated heterocycles. The van der Waals surface area contributed by atoms with E-state index in [0.717, 1.165) is 42.6 Å². The molecular formula is C22H26N4O3S. The summed E-state index contributed by atoms with van der Waals surface area (Å²) >= 11 is 0. The minimum Gasteiger partial charge on any atom is -0.391 e. The molecule has 30 heavy (non-hydrogen) atoms. The zero-order valence-corrected chi connectivity index (χ0v) is 17.7. The predicted octanol–water partition coefficient (Wildman–Crippen LogP) is 2.59. The number of aliphatic hydroxyl groups is 1. The van der Waals surface area contributed by atoms with Crippen LogP contribution in [0.1, 0.15) is 23.5 Å². The van der Waals surface area contributed by atoms with Gasteiger partial charge in [-0.05, 0) is 42.8 Å². The van der Waals surface area contributed by atoms with Crippen LogP contribution < -0.4 is 4.72 Å². The Balaban J connectivity index is 1.39. The van der Waals surface area contributed by atoms with Crippen LogP contribution in [0, 0.1) is 0 Å². The largest absolute Gasteiger partial charge is 0.391 e. The molecule has 0 unspecified atom stereocenters. The van der Waals surface area contributed by atoms with Crippen molar-refractivity contribution in [1.29, 1.82) is 0 Å². The number of nitrogens with one attached hydrogen (secondary N) is 1. The van der Waals surface area contributed by atoms with Crippen molar-refractivity contribution in [2.45, 2.75) is 25.0 Å². The number of benzene rings is 2. The molecule has 158 valence electrons. The molecule has 2 atom stereocenters. The molecule has 8 heteroatoms. The van der Waals surface area contributed by atoms with Crippen molar-refractivity contribution in [3.8, 4) is 5.69 Å². The first kappa shape index (κ1) is 20.6. The van der Waals surface area contributed by atoms with Gasteiger partial charge in [0.2, 0.25) is 10.0 Å². The molecule has 7 nitrogen and oxygen atoms in total. The van der Waals surface area contributed by atoms with Gasteiger partial charge in [0, 0.05) is 36.5 Å². The lowest BCUT2D eigenvalue weighted by Gasteiger charge is -2.36. The molecule has 0 saturated carbocycles. The number of para-hydroxylation sites is 1. The van der Waals surface area contributed by atoms with Crippen molar-refractivity contribution >= 4 is 15.7 Å². The molecule has 3 aromatic rings. The summed E-state index contributed by atoms with van der Waals surface area (Å²) in [6, 6.07) is 17.3. The maximum Gasteiger partial charge on any atom is 0.229 e. The van der Waals surface area contributed by atoms with Crippen molar-refractivity contribution < 1.29 is 13.5 Å². The highest BCUT2D eigenvalue weighted by Crippen LogP contribution is 2.30. The van der Waals surface area contributed by atoms with E-state index in [-0.39, 0.29) is 5.92 Å². The third-order valence-electron chi connectivity index (χ3n) is 5.35. The summed E-state index contributed by atoms with van der Waals surface area (Å²) in [4.78, 5) is 2.23. The van der Waals surface area contributed by atoms with Gasteiger partial charge < -0.3 is 5.11 Å². The lowest BCUT2D eigenvalue weighted by Crippen LogP contribution is -2.42. The van der Waals surface area contributed by atoms with Crippen LogP contribution in [0.2, 0.25) is 0 Å². The lowest BCUT2D eigenvalue weighted by molar-refractivity contribution is 0.0477. The van der Waals surface area contributed by atoms with Crippen molar-refractivity contribution in [3.63, 3.8) is 0 Å². The number of piperidine rings is 1. The number of anilines is 1. The number of aromatic nitrogens is 2. The Bertz CT molecular complexity index is 1100. The highest BCUT2D eigenvalue weighted by molar-refractivity contribution is 7.92. The summed E-state index contributed by atoms with van der Waals surface area (Å²) in [5.41, 5.74) is 3.60. The number of likely N-dealkylation sites (tertiary alicyclic amines) is 1. The van der Waals surface area contributed by atoms with E-state index in [0.29, 0.717) is 12.2 Å². The highest BCUT2D eigenvalue weighted by Gasteiger charge is 2.29. The Morgan fingerprint density at radius 2 is 1.97 bits per heavy atom. The van der Waals surface area contributed by atoms with Gasteiger partial charge in [-0.15, -0.1) is 0 Å². The summed E-state index contributed by atoms with van der Waals surface area (Å²) in [6.07, 6.45) is 5.31. The van der Waals surface area contributed by atoms with Crippen molar-refractivity contribution in [2.24, 2.45) is 0 Å². The SMILES string of the molecule is CS(=O)(=O)Nc1cccc([C@@H]2CCN(Cc3cnn(-c4ccccc4)c3)C[C@@H]2O)c1. The van der Waals surface area contributed by atoms with Crippen LogP contribution in [-0.4, -0.2) is 53.7 Å². The highest BCUT2D eigenvalue weighted by atomic mass is 32.2. The first-order valence-corrected chi connectivity index (χ1v) is 11.8. The summed E-state index contributed by atoms with van der Waals surface area (Å²) in [5.74, 6) is -0.0189. The van der Waals surface area contributed by atoms with Gasteiger partial charge in [-0.2, -0.15) is 5.10 Å². The van der Waals surface area contributed by atoms with E-state index in [1.54, 1.807) is 6.07 Å². The van der Waals surface area contributed by atoms with E-state index in [1.807, 2.05) is 65.6 Å². The number of rotatable bonds is 6. The van der Waals surface area contributed by atoms with Gasteiger partial charge in [0.1, 0.15) is 0 Å². The molecule has 2 heterocycles. The van der Waals surface area contributed by atoms with Gasteiger partial charge in [0.05, 0.1) is 24.2 Å². The molecule has 1 fully saturated rings. The minimum absolute atomic E-state index is 0.0189. The predicted molar refractivity (Wildman–Crippen MR) is 117 cm³/mol. The summed E-state index contributed by atoms with van der Waals surface area (Å²) < 4.78 is 27.3. The van der Waals surface area contributed by atoms with Gasteiger partial charge in [-0.1, -0.05) is 30.3 Å². The van der Waals surface area contributed by atoms with Crippen LogP contribution in [0.25, 0.3) is 5.69 Å². The maximum atomic E-state index is 11.5. The fourth-order valence-electron chi connectivity index (χ4n) is 4.00. The Hall–Kier alpha value is -2.68. The summed E-state index contributed by atoms with van der Waals surface area (Å²) in [6.45, 7) is 2.14. The van der Waals surface area contributed by atoms with Crippen LogP contribution >= 0.6 is 0 Å². The molecular weight excluding hydrogens is 400 g/mol. The van der Waals surface area contributed by atoms with E-state index in [1.165, 1.54) is 0 Å². The molecule has 2 N–H and O–H groups in total. The second-order valence-electron chi connectivity index (χ2n) is 7.83. The van der Waals surface area contributed by atoms with Crippen LogP contribution in [0.4, 0.5) is 5.69 Å². The average Bonchev–Trinajstić information content (AvgIpc) is 3.16. The summed E-state index contributed by atoms with van der Waals surface area (Å²) in [5, 5.41) is 15.2. The van der Waals surface area contributed by atoms with E-state index in [2.05, 4.69) is 14.7 Å². The molecule has 0 amide bonds. The quantitative estimate of drug-likeness (QED) is 0.633. The first-order chi connectivity index (χ1) is 14.4. The van der Waals surface area contributed by atoms with Crippen LogP contribution in [-0.2, 0) is 16.6 Å². The lowest BCUT2D eigenvalue weighted by atomic mass is 9.87. The van der Waals surface area contributed by atoms with Crippen molar-refractivity contribution in [1.82, 2.24) is 14.7 Å². The molecule has 0 spiro atoms. The number of sulfonamides is 1. The molecule has 4 rings (SSSR count). The molecule has 0 radical (unpaired) electrons.